The number of amides is 3. The van der Waals surface area contributed by atoms with Crippen LogP contribution in [0.15, 0.2) is 54.2 Å². The third kappa shape index (κ3) is 2.84. The van der Waals surface area contributed by atoms with Crippen LogP contribution in [0.1, 0.15) is 5.56 Å². The summed E-state index contributed by atoms with van der Waals surface area (Å²) in [6.45, 7) is 0. The lowest BCUT2D eigenvalue weighted by atomic mass is 10.1. The molecular formula is C16H10ClN3O4. The molecule has 7 nitrogen and oxygen atoms in total. The summed E-state index contributed by atoms with van der Waals surface area (Å²) in [4.78, 5) is 35.8. The number of hydrogen-bond donors (Lipinski definition) is 1. The Morgan fingerprint density at radius 3 is 2.50 bits per heavy atom. The predicted octanol–water partition coefficient (Wildman–Crippen LogP) is 3.35. The first-order chi connectivity index (χ1) is 11.5. The maximum Gasteiger partial charge on any atom is 0.333 e. The lowest BCUT2D eigenvalue weighted by Gasteiger charge is -2.10. The highest BCUT2D eigenvalue weighted by Crippen LogP contribution is 2.27. The fourth-order valence-corrected chi connectivity index (χ4v) is 2.46. The third-order valence-corrected chi connectivity index (χ3v) is 3.69. The molecule has 1 fully saturated rings. The number of carbonyl (C=O) groups excluding carboxylic acids is 2. The Hall–Kier alpha value is -3.19. The maximum absolute atomic E-state index is 12.4. The van der Waals surface area contributed by atoms with Crippen molar-refractivity contribution in [1.82, 2.24) is 5.32 Å². The van der Waals surface area contributed by atoms with Gasteiger partial charge in [0.05, 0.1) is 10.6 Å². The second-order valence-electron chi connectivity index (χ2n) is 4.93. The summed E-state index contributed by atoms with van der Waals surface area (Å²) in [7, 11) is 0. The van der Waals surface area contributed by atoms with E-state index in [-0.39, 0.29) is 16.4 Å². The fourth-order valence-electron chi connectivity index (χ4n) is 2.27. The van der Waals surface area contributed by atoms with Crippen molar-refractivity contribution in [1.29, 1.82) is 0 Å². The summed E-state index contributed by atoms with van der Waals surface area (Å²) in [6.07, 6.45) is 1.37. The monoisotopic (exact) mass is 343 g/mol. The van der Waals surface area contributed by atoms with Gasteiger partial charge in [-0.15, -0.1) is 0 Å². The van der Waals surface area contributed by atoms with E-state index in [4.69, 9.17) is 11.6 Å². The molecule has 0 bridgehead atoms. The summed E-state index contributed by atoms with van der Waals surface area (Å²) >= 11 is 5.76. The van der Waals surface area contributed by atoms with Gasteiger partial charge in [0, 0.05) is 6.07 Å². The molecule has 0 aliphatic carbocycles. The van der Waals surface area contributed by atoms with Crippen LogP contribution in [-0.2, 0) is 4.79 Å². The number of nitrogens with zero attached hydrogens (tertiary/aromatic N) is 2. The van der Waals surface area contributed by atoms with Crippen molar-refractivity contribution >= 4 is 41.0 Å². The number of anilines is 1. The molecule has 120 valence electrons. The van der Waals surface area contributed by atoms with E-state index in [1.54, 1.807) is 30.3 Å². The summed E-state index contributed by atoms with van der Waals surface area (Å²) in [5.74, 6) is -0.538. The zero-order chi connectivity index (χ0) is 17.3. The molecule has 1 saturated heterocycles. The Bertz CT molecular complexity index is 880. The number of nitro benzene ring substituents is 1. The van der Waals surface area contributed by atoms with Crippen molar-refractivity contribution in [2.24, 2.45) is 0 Å². The number of benzene rings is 2. The zero-order valence-corrected chi connectivity index (χ0v) is 12.9. The molecule has 0 unspecified atom stereocenters. The highest BCUT2D eigenvalue weighted by molar-refractivity contribution is 6.32. The first-order valence-electron chi connectivity index (χ1n) is 6.83. The Kier molecular flexibility index (Phi) is 4.01. The van der Waals surface area contributed by atoms with E-state index >= 15 is 0 Å². The number of nitro groups is 1. The van der Waals surface area contributed by atoms with Gasteiger partial charge in [-0.2, -0.15) is 0 Å². The molecule has 0 saturated carbocycles. The van der Waals surface area contributed by atoms with E-state index in [1.165, 1.54) is 24.3 Å². The van der Waals surface area contributed by atoms with Gasteiger partial charge in [-0.1, -0.05) is 35.9 Å². The van der Waals surface area contributed by atoms with Crippen LogP contribution in [0.3, 0.4) is 0 Å². The zero-order valence-electron chi connectivity index (χ0n) is 12.1. The van der Waals surface area contributed by atoms with Crippen molar-refractivity contribution in [2.45, 2.75) is 0 Å². The Morgan fingerprint density at radius 1 is 1.12 bits per heavy atom. The minimum absolute atomic E-state index is 0.00477. The lowest BCUT2D eigenvalue weighted by Crippen LogP contribution is -2.30. The van der Waals surface area contributed by atoms with Crippen LogP contribution >= 0.6 is 11.6 Å². The molecule has 1 N–H and O–H groups in total. The van der Waals surface area contributed by atoms with Crippen LogP contribution in [0, 0.1) is 10.1 Å². The second kappa shape index (κ2) is 6.13. The van der Waals surface area contributed by atoms with E-state index in [0.717, 1.165) is 4.90 Å². The van der Waals surface area contributed by atoms with Gasteiger partial charge >= 0.3 is 6.03 Å². The minimum atomic E-state index is -0.615. The normalized spacial score (nSPS) is 15.7. The predicted molar refractivity (Wildman–Crippen MR) is 88.5 cm³/mol. The molecule has 24 heavy (non-hydrogen) atoms. The molecule has 1 aliphatic rings. The third-order valence-electron chi connectivity index (χ3n) is 3.37. The van der Waals surface area contributed by atoms with Gasteiger partial charge in [0.15, 0.2) is 0 Å². The molecule has 1 heterocycles. The first kappa shape index (κ1) is 15.7. The quantitative estimate of drug-likeness (QED) is 0.400. The molecule has 1 aliphatic heterocycles. The summed E-state index contributed by atoms with van der Waals surface area (Å²) in [6, 6.07) is 12.0. The Morgan fingerprint density at radius 2 is 1.83 bits per heavy atom. The van der Waals surface area contributed by atoms with E-state index in [1.807, 2.05) is 0 Å². The topological polar surface area (TPSA) is 92.5 Å². The van der Waals surface area contributed by atoms with Crippen molar-refractivity contribution in [3.8, 4) is 0 Å². The molecule has 3 rings (SSSR count). The number of urea groups is 1. The Balaban J connectivity index is 1.95. The molecule has 0 aromatic heterocycles. The van der Waals surface area contributed by atoms with Crippen LogP contribution < -0.4 is 10.2 Å². The summed E-state index contributed by atoms with van der Waals surface area (Å²) < 4.78 is 0. The van der Waals surface area contributed by atoms with E-state index in [9.17, 15) is 19.7 Å². The van der Waals surface area contributed by atoms with Gasteiger partial charge in [-0.3, -0.25) is 14.9 Å². The molecule has 2 aromatic rings. The molecule has 0 radical (unpaired) electrons. The van der Waals surface area contributed by atoms with Crippen LogP contribution in [0.2, 0.25) is 5.02 Å². The van der Waals surface area contributed by atoms with E-state index < -0.39 is 16.9 Å². The number of imide groups is 1. The van der Waals surface area contributed by atoms with Crippen LogP contribution in [-0.4, -0.2) is 16.9 Å². The highest BCUT2D eigenvalue weighted by Gasteiger charge is 2.34. The summed E-state index contributed by atoms with van der Waals surface area (Å²) in [5.41, 5.74) is 0.568. The van der Waals surface area contributed by atoms with Crippen LogP contribution in [0.25, 0.3) is 6.08 Å². The number of hydrogen-bond acceptors (Lipinski definition) is 4. The molecular weight excluding hydrogens is 334 g/mol. The van der Waals surface area contributed by atoms with Crippen LogP contribution in [0.5, 0.6) is 0 Å². The number of halogens is 1. The number of carbonyl (C=O) groups is 2. The standard InChI is InChI=1S/C16H10ClN3O4/c17-12-7-6-10(9-14(12)20(23)24)8-13-15(21)19(16(22)18-13)11-4-2-1-3-5-11/h1-9H,(H,18,22)/b13-8+. The van der Waals surface area contributed by atoms with Crippen molar-refractivity contribution in [2.75, 3.05) is 4.90 Å². The van der Waals surface area contributed by atoms with Crippen molar-refractivity contribution < 1.29 is 14.5 Å². The smallest absolute Gasteiger partial charge is 0.302 e. The van der Waals surface area contributed by atoms with Gasteiger partial charge in [-0.05, 0) is 29.8 Å². The van der Waals surface area contributed by atoms with E-state index in [0.29, 0.717) is 11.3 Å². The first-order valence-corrected chi connectivity index (χ1v) is 7.21. The van der Waals surface area contributed by atoms with Crippen molar-refractivity contribution in [3.63, 3.8) is 0 Å². The van der Waals surface area contributed by atoms with Crippen LogP contribution in [0.4, 0.5) is 16.2 Å². The van der Waals surface area contributed by atoms with Gasteiger partial charge in [-0.25, -0.2) is 9.69 Å². The maximum atomic E-state index is 12.4. The number of rotatable bonds is 3. The molecule has 0 atom stereocenters. The van der Waals surface area contributed by atoms with Crippen molar-refractivity contribution in [3.05, 3.63) is 74.9 Å². The highest BCUT2D eigenvalue weighted by atomic mass is 35.5. The van der Waals surface area contributed by atoms with Gasteiger partial charge in [0.1, 0.15) is 10.7 Å². The molecule has 3 amide bonds. The second-order valence-corrected chi connectivity index (χ2v) is 5.34. The Labute approximate surface area is 141 Å². The summed E-state index contributed by atoms with van der Waals surface area (Å²) in [5, 5.41) is 13.4. The molecule has 0 spiro atoms. The average molecular weight is 344 g/mol. The molecule has 8 heteroatoms. The number of nitrogens with one attached hydrogen (secondary N) is 1. The van der Waals surface area contributed by atoms with Gasteiger partial charge in [0.2, 0.25) is 0 Å². The largest absolute Gasteiger partial charge is 0.333 e. The van der Waals surface area contributed by atoms with Gasteiger partial charge in [0.25, 0.3) is 11.6 Å². The number of para-hydroxylation sites is 1. The minimum Gasteiger partial charge on any atom is -0.302 e. The van der Waals surface area contributed by atoms with Gasteiger partial charge < -0.3 is 5.32 Å². The lowest BCUT2D eigenvalue weighted by molar-refractivity contribution is -0.384. The average Bonchev–Trinajstić information content (AvgIpc) is 2.83. The SMILES string of the molecule is O=C1N/C(=C/c2ccc(Cl)c([N+](=O)[O-])c2)C(=O)N1c1ccccc1. The molecule has 2 aromatic carbocycles. The van der Waals surface area contributed by atoms with E-state index in [2.05, 4.69) is 5.32 Å². The fraction of sp³-hybridized carbons (Fsp3) is 0.